The van der Waals surface area contributed by atoms with Crippen LogP contribution in [-0.4, -0.2) is 25.8 Å². The van der Waals surface area contributed by atoms with Crippen molar-refractivity contribution in [3.8, 4) is 11.3 Å². The minimum atomic E-state index is 0.230. The lowest BCUT2D eigenvalue weighted by atomic mass is 9.33. The van der Waals surface area contributed by atoms with Crippen LogP contribution in [-0.2, 0) is 0 Å². The van der Waals surface area contributed by atoms with Crippen LogP contribution in [0.4, 0.5) is 22.7 Å². The first kappa shape index (κ1) is 18.5. The first-order valence-electron chi connectivity index (χ1n) is 11.4. The van der Waals surface area contributed by atoms with E-state index in [2.05, 4.69) is 121 Å². The Bertz CT molecular complexity index is 1500. The van der Waals surface area contributed by atoms with Crippen molar-refractivity contribution in [3.05, 3.63) is 97.1 Å². The number of rotatable bonds is 1. The zero-order valence-corrected chi connectivity index (χ0v) is 18.7. The van der Waals surface area contributed by atoms with E-state index in [-0.39, 0.29) is 6.71 Å². The summed E-state index contributed by atoms with van der Waals surface area (Å²) in [6.07, 6.45) is 0. The molecule has 0 N–H and O–H groups in total. The van der Waals surface area contributed by atoms with Crippen LogP contribution in [0.1, 0.15) is 0 Å². The number of anilines is 4. The molecule has 0 aliphatic carbocycles. The maximum absolute atomic E-state index is 5.01. The number of aromatic nitrogens is 1. The molecule has 3 heterocycles. The van der Waals surface area contributed by atoms with Crippen molar-refractivity contribution in [2.24, 2.45) is 0 Å². The topological polar surface area (TPSA) is 19.4 Å². The third kappa shape index (κ3) is 2.55. The predicted octanol–water partition coefficient (Wildman–Crippen LogP) is 4.58. The molecule has 0 saturated heterocycles. The number of hydrogen-bond donors (Lipinski definition) is 0. The van der Waals surface area contributed by atoms with Gasteiger partial charge in [0.1, 0.15) is 0 Å². The average molecular weight is 423 g/mol. The van der Waals surface area contributed by atoms with Gasteiger partial charge in [0.15, 0.2) is 0 Å². The van der Waals surface area contributed by atoms with E-state index in [0.29, 0.717) is 0 Å². The van der Waals surface area contributed by atoms with Gasteiger partial charge in [0.05, 0.1) is 11.2 Å². The van der Waals surface area contributed by atoms with Crippen LogP contribution in [0.3, 0.4) is 0 Å². The lowest BCUT2D eigenvalue weighted by Gasteiger charge is -2.42. The second kappa shape index (κ2) is 6.73. The lowest BCUT2D eigenvalue weighted by Crippen LogP contribution is -2.61. The number of fused-ring (bicyclic) bond motifs is 5. The fourth-order valence-corrected chi connectivity index (χ4v) is 5.66. The van der Waals surface area contributed by atoms with Gasteiger partial charge in [-0.25, -0.2) is 4.98 Å². The molecule has 0 amide bonds. The van der Waals surface area contributed by atoms with Gasteiger partial charge in [-0.1, -0.05) is 60.7 Å². The first-order chi connectivity index (χ1) is 16.2. The second-order valence-corrected chi connectivity index (χ2v) is 8.99. The summed E-state index contributed by atoms with van der Waals surface area (Å²) in [4.78, 5) is 9.70. The highest BCUT2D eigenvalue weighted by Gasteiger charge is 2.40. The lowest BCUT2D eigenvalue weighted by molar-refractivity contribution is 1.18. The van der Waals surface area contributed by atoms with Crippen molar-refractivity contribution in [3.63, 3.8) is 0 Å². The van der Waals surface area contributed by atoms with E-state index in [1.54, 1.807) is 0 Å². The van der Waals surface area contributed by atoms with Gasteiger partial charge in [-0.3, -0.25) is 0 Å². The molecule has 0 saturated carbocycles. The van der Waals surface area contributed by atoms with E-state index in [0.717, 1.165) is 22.2 Å². The van der Waals surface area contributed by atoms with Gasteiger partial charge in [-0.2, -0.15) is 0 Å². The summed E-state index contributed by atoms with van der Waals surface area (Å²) in [5.41, 5.74) is 12.3. The summed E-state index contributed by atoms with van der Waals surface area (Å²) in [6, 6.07) is 34.9. The molecule has 0 unspecified atom stereocenters. The van der Waals surface area contributed by atoms with Crippen molar-refractivity contribution in [1.82, 2.24) is 4.98 Å². The Balaban J connectivity index is 1.52. The van der Waals surface area contributed by atoms with Gasteiger partial charge in [0.2, 0.25) is 0 Å². The zero-order chi connectivity index (χ0) is 22.1. The summed E-state index contributed by atoms with van der Waals surface area (Å²) >= 11 is 0. The van der Waals surface area contributed by atoms with Crippen LogP contribution in [0.25, 0.3) is 22.2 Å². The molecular weight excluding hydrogens is 401 g/mol. The molecule has 33 heavy (non-hydrogen) atoms. The molecule has 0 bridgehead atoms. The van der Waals surface area contributed by atoms with Gasteiger partial charge < -0.3 is 9.80 Å². The molecule has 7 rings (SSSR count). The molecule has 0 spiro atoms. The summed E-state index contributed by atoms with van der Waals surface area (Å²) in [5, 5.41) is 1.16. The number of para-hydroxylation sites is 3. The van der Waals surface area contributed by atoms with Gasteiger partial charge in [0, 0.05) is 47.8 Å². The Morgan fingerprint density at radius 3 is 1.85 bits per heavy atom. The van der Waals surface area contributed by atoms with Crippen LogP contribution in [0, 0.1) is 0 Å². The largest absolute Gasteiger partial charge is 0.345 e. The van der Waals surface area contributed by atoms with E-state index in [4.69, 9.17) is 4.98 Å². The van der Waals surface area contributed by atoms with E-state index in [9.17, 15) is 0 Å². The van der Waals surface area contributed by atoms with Crippen LogP contribution in [0.2, 0.25) is 0 Å². The van der Waals surface area contributed by atoms with Crippen molar-refractivity contribution in [1.29, 1.82) is 0 Å². The van der Waals surface area contributed by atoms with E-state index < -0.39 is 0 Å². The Morgan fingerprint density at radius 1 is 0.606 bits per heavy atom. The van der Waals surface area contributed by atoms with Crippen molar-refractivity contribution < 1.29 is 0 Å². The average Bonchev–Trinajstić information content (AvgIpc) is 2.88. The van der Waals surface area contributed by atoms with Gasteiger partial charge in [-0.15, -0.1) is 0 Å². The van der Waals surface area contributed by atoms with E-state index >= 15 is 0 Å². The van der Waals surface area contributed by atoms with Crippen LogP contribution < -0.4 is 26.2 Å². The van der Waals surface area contributed by atoms with Gasteiger partial charge in [-0.05, 0) is 52.8 Å². The van der Waals surface area contributed by atoms with Crippen LogP contribution in [0.5, 0.6) is 0 Å². The monoisotopic (exact) mass is 423 g/mol. The number of benzene rings is 4. The Kier molecular flexibility index (Phi) is 3.77. The fraction of sp³-hybridized carbons (Fsp3) is 0.0690. The molecule has 1 aromatic heterocycles. The zero-order valence-electron chi connectivity index (χ0n) is 18.7. The molecule has 3 nitrogen and oxygen atoms in total. The second-order valence-electron chi connectivity index (χ2n) is 8.99. The number of hydrogen-bond acceptors (Lipinski definition) is 3. The van der Waals surface area contributed by atoms with Crippen molar-refractivity contribution in [2.75, 3.05) is 23.9 Å². The summed E-state index contributed by atoms with van der Waals surface area (Å²) in [5.74, 6) is 0. The van der Waals surface area contributed by atoms with Crippen molar-refractivity contribution in [2.45, 2.75) is 0 Å². The van der Waals surface area contributed by atoms with Crippen LogP contribution >= 0.6 is 0 Å². The molecule has 5 aromatic rings. The van der Waals surface area contributed by atoms with Gasteiger partial charge >= 0.3 is 0 Å². The fourth-order valence-electron chi connectivity index (χ4n) is 5.66. The first-order valence-corrected chi connectivity index (χ1v) is 11.4. The molecule has 2 aliphatic heterocycles. The molecule has 4 heteroatoms. The van der Waals surface area contributed by atoms with E-state index in [1.165, 1.54) is 39.1 Å². The SMILES string of the molecule is CN1c2ccccc2B2c3ccccc3N(C)c3cc(-c4ccc5ccccc5n4)cc1c32. The summed E-state index contributed by atoms with van der Waals surface area (Å²) < 4.78 is 0. The predicted molar refractivity (Wildman–Crippen MR) is 141 cm³/mol. The summed E-state index contributed by atoms with van der Waals surface area (Å²) in [6.45, 7) is 0.230. The molecule has 0 atom stereocenters. The molecule has 0 fully saturated rings. The van der Waals surface area contributed by atoms with Gasteiger partial charge in [0.25, 0.3) is 6.71 Å². The summed E-state index contributed by atoms with van der Waals surface area (Å²) in [7, 11) is 4.37. The maximum atomic E-state index is 5.01. The number of nitrogens with zero attached hydrogens (tertiary/aromatic N) is 3. The molecule has 0 radical (unpaired) electrons. The highest BCUT2D eigenvalue weighted by atomic mass is 15.1. The smallest absolute Gasteiger partial charge is 0.252 e. The highest BCUT2D eigenvalue weighted by Crippen LogP contribution is 2.38. The highest BCUT2D eigenvalue weighted by molar-refractivity contribution is 7.00. The maximum Gasteiger partial charge on any atom is 0.252 e. The Labute approximate surface area is 194 Å². The normalized spacial score (nSPS) is 13.6. The minimum Gasteiger partial charge on any atom is -0.345 e. The number of pyridine rings is 1. The molecule has 2 aliphatic rings. The molecular formula is C29H22BN3. The van der Waals surface area contributed by atoms with E-state index in [1.807, 2.05) is 0 Å². The van der Waals surface area contributed by atoms with Crippen LogP contribution in [0.15, 0.2) is 97.1 Å². The standard InChI is InChI=1S/C29H22BN3/c1-32-25-13-7-4-10-21(25)30-22-11-5-8-14-26(22)33(2)28-18-20(17-27(32)29(28)30)24-16-15-19-9-3-6-12-23(19)31-24/h3-18H,1-2H3. The Hall–Kier alpha value is -4.05. The Morgan fingerprint density at radius 2 is 1.18 bits per heavy atom. The third-order valence-corrected chi connectivity index (χ3v) is 7.26. The van der Waals surface area contributed by atoms with Crippen molar-refractivity contribution >= 4 is 56.8 Å². The third-order valence-electron chi connectivity index (χ3n) is 7.26. The quantitative estimate of drug-likeness (QED) is 0.368. The molecule has 156 valence electrons. The minimum absolute atomic E-state index is 0.230. The molecule has 4 aromatic carbocycles.